The summed E-state index contributed by atoms with van der Waals surface area (Å²) < 4.78 is 29.8. The Morgan fingerprint density at radius 1 is 1.29 bits per heavy atom. The molecule has 1 aromatic heterocycles. The number of anilines is 1. The number of rotatable bonds is 6. The molecule has 0 saturated carbocycles. The van der Waals surface area contributed by atoms with Crippen molar-refractivity contribution in [3.8, 4) is 11.8 Å². The zero-order chi connectivity index (χ0) is 22.0. The molecule has 0 bridgehead atoms. The van der Waals surface area contributed by atoms with Crippen molar-refractivity contribution in [2.75, 3.05) is 11.9 Å². The zero-order valence-corrected chi connectivity index (χ0v) is 16.8. The molecule has 1 atom stereocenters. The van der Waals surface area contributed by atoms with Crippen molar-refractivity contribution in [3.05, 3.63) is 65.4 Å². The number of fused-ring (bicyclic) bond motifs is 1. The van der Waals surface area contributed by atoms with Crippen LogP contribution in [0.25, 0.3) is 10.9 Å². The van der Waals surface area contributed by atoms with Gasteiger partial charge in [0.05, 0.1) is 16.8 Å². The first-order valence-corrected chi connectivity index (χ1v) is 9.83. The fourth-order valence-corrected chi connectivity index (χ4v) is 3.71. The second kappa shape index (κ2) is 8.56. The number of ether oxygens (including phenoxy) is 1. The van der Waals surface area contributed by atoms with Gasteiger partial charge in [0.15, 0.2) is 0 Å². The lowest BCUT2D eigenvalue weighted by Gasteiger charge is -2.19. The minimum atomic E-state index is -2.97. The van der Waals surface area contributed by atoms with Gasteiger partial charge in [-0.15, -0.1) is 0 Å². The van der Waals surface area contributed by atoms with Crippen molar-refractivity contribution < 1.29 is 18.3 Å². The summed E-state index contributed by atoms with van der Waals surface area (Å²) in [6.07, 6.45) is 1.97. The van der Waals surface area contributed by atoms with Gasteiger partial charge in [0.25, 0.3) is 0 Å². The molecule has 2 aromatic carbocycles. The minimum Gasteiger partial charge on any atom is -0.435 e. The average molecular weight is 422 g/mol. The molecule has 1 aliphatic rings. The highest BCUT2D eigenvalue weighted by molar-refractivity contribution is 5.97. The van der Waals surface area contributed by atoms with Gasteiger partial charge in [-0.25, -0.2) is 0 Å². The molecule has 158 valence electrons. The molecule has 31 heavy (non-hydrogen) atoms. The summed E-state index contributed by atoms with van der Waals surface area (Å²) in [6.45, 7) is 0.127. The summed E-state index contributed by atoms with van der Waals surface area (Å²) in [5, 5.41) is 13.1. The van der Waals surface area contributed by atoms with Gasteiger partial charge in [-0.1, -0.05) is 29.8 Å². The Labute approximate surface area is 178 Å². The molecule has 3 aromatic rings. The normalized spacial score (nSPS) is 16.0. The van der Waals surface area contributed by atoms with Crippen LogP contribution in [0.2, 0.25) is 0 Å². The number of nitriles is 1. The smallest absolute Gasteiger partial charge is 0.387 e. The van der Waals surface area contributed by atoms with Gasteiger partial charge in [0.1, 0.15) is 17.9 Å². The molecule has 0 spiro atoms. The summed E-state index contributed by atoms with van der Waals surface area (Å²) in [7, 11) is 0. The highest BCUT2D eigenvalue weighted by Crippen LogP contribution is 2.31. The standard InChI is InChI=1S/C23H20F2N4O2/c1-14-2-4-15(5-3-14)13-29-9-8-20(22(29)30)28-21-16(11-26)12-27-19-7-6-17(10-18(19)21)31-23(24)25/h2-7,10,12,20,23H,8-9,13H2,1H3,(H,27,28). The van der Waals surface area contributed by atoms with Crippen molar-refractivity contribution in [2.24, 2.45) is 0 Å². The number of aromatic nitrogens is 1. The van der Waals surface area contributed by atoms with E-state index in [4.69, 9.17) is 0 Å². The van der Waals surface area contributed by atoms with Crippen molar-refractivity contribution >= 4 is 22.5 Å². The van der Waals surface area contributed by atoms with E-state index in [2.05, 4.69) is 21.1 Å². The highest BCUT2D eigenvalue weighted by Gasteiger charge is 2.32. The molecule has 0 radical (unpaired) electrons. The summed E-state index contributed by atoms with van der Waals surface area (Å²) in [5.41, 5.74) is 3.32. The van der Waals surface area contributed by atoms with Crippen LogP contribution in [0.3, 0.4) is 0 Å². The maximum Gasteiger partial charge on any atom is 0.387 e. The molecule has 8 heteroatoms. The minimum absolute atomic E-state index is 0.0406. The summed E-state index contributed by atoms with van der Waals surface area (Å²) in [5.74, 6) is -0.115. The molecule has 1 fully saturated rings. The number of pyridine rings is 1. The van der Waals surface area contributed by atoms with Gasteiger partial charge in [-0.3, -0.25) is 9.78 Å². The highest BCUT2D eigenvalue weighted by atomic mass is 19.3. The Kier molecular flexibility index (Phi) is 5.67. The predicted molar refractivity (Wildman–Crippen MR) is 112 cm³/mol. The van der Waals surface area contributed by atoms with Crippen LogP contribution >= 0.6 is 0 Å². The number of halogens is 2. The van der Waals surface area contributed by atoms with Crippen LogP contribution in [0, 0.1) is 18.3 Å². The molecule has 1 aliphatic heterocycles. The van der Waals surface area contributed by atoms with Crippen LogP contribution in [0.1, 0.15) is 23.1 Å². The fraction of sp³-hybridized carbons (Fsp3) is 0.261. The predicted octanol–water partition coefficient (Wildman–Crippen LogP) is 4.23. The van der Waals surface area contributed by atoms with Gasteiger partial charge in [-0.2, -0.15) is 14.0 Å². The quantitative estimate of drug-likeness (QED) is 0.643. The van der Waals surface area contributed by atoms with E-state index in [0.29, 0.717) is 36.1 Å². The topological polar surface area (TPSA) is 78.2 Å². The molecule has 1 amide bonds. The molecule has 4 rings (SSSR count). The monoisotopic (exact) mass is 422 g/mol. The number of nitrogens with zero attached hydrogens (tertiary/aromatic N) is 3. The molecule has 2 heterocycles. The number of aryl methyl sites for hydroxylation is 1. The Balaban J connectivity index is 1.59. The van der Waals surface area contributed by atoms with Crippen molar-refractivity contribution in [2.45, 2.75) is 32.5 Å². The molecule has 1 saturated heterocycles. The van der Waals surface area contributed by atoms with Gasteiger partial charge in [-0.05, 0) is 37.1 Å². The number of hydrogen-bond acceptors (Lipinski definition) is 5. The van der Waals surface area contributed by atoms with Crippen molar-refractivity contribution in [1.29, 1.82) is 5.26 Å². The summed E-state index contributed by atoms with van der Waals surface area (Å²) >= 11 is 0. The first kappa shape index (κ1) is 20.5. The van der Waals surface area contributed by atoms with E-state index >= 15 is 0 Å². The van der Waals surface area contributed by atoms with E-state index in [0.717, 1.165) is 11.1 Å². The summed E-state index contributed by atoms with van der Waals surface area (Å²) in [6, 6.07) is 13.9. The number of carbonyl (C=O) groups excluding carboxylic acids is 1. The Morgan fingerprint density at radius 2 is 2.06 bits per heavy atom. The maximum atomic E-state index is 13.0. The second-order valence-corrected chi connectivity index (χ2v) is 7.45. The number of likely N-dealkylation sites (tertiary alicyclic amines) is 1. The van der Waals surface area contributed by atoms with Gasteiger partial charge >= 0.3 is 6.61 Å². The van der Waals surface area contributed by atoms with E-state index in [1.54, 1.807) is 11.0 Å². The maximum absolute atomic E-state index is 13.0. The fourth-order valence-electron chi connectivity index (χ4n) is 3.71. The number of hydrogen-bond donors (Lipinski definition) is 1. The number of benzene rings is 2. The Bertz CT molecular complexity index is 1160. The van der Waals surface area contributed by atoms with Crippen LogP contribution < -0.4 is 10.1 Å². The third-order valence-electron chi connectivity index (χ3n) is 5.30. The number of nitrogens with one attached hydrogen (secondary N) is 1. The third kappa shape index (κ3) is 4.40. The van der Waals surface area contributed by atoms with Gasteiger partial charge < -0.3 is 15.0 Å². The molecule has 1 N–H and O–H groups in total. The van der Waals surface area contributed by atoms with Crippen molar-refractivity contribution in [3.63, 3.8) is 0 Å². The molecule has 0 aliphatic carbocycles. The number of alkyl halides is 2. The van der Waals surface area contributed by atoms with Crippen molar-refractivity contribution in [1.82, 2.24) is 9.88 Å². The molecule has 6 nitrogen and oxygen atoms in total. The van der Waals surface area contributed by atoms with E-state index in [1.807, 2.05) is 31.2 Å². The molecular formula is C23H20F2N4O2. The average Bonchev–Trinajstić information content (AvgIpc) is 3.09. The van der Waals surface area contributed by atoms with Crippen LogP contribution in [0.5, 0.6) is 5.75 Å². The zero-order valence-electron chi connectivity index (χ0n) is 16.8. The number of amides is 1. The third-order valence-corrected chi connectivity index (χ3v) is 5.30. The molecular weight excluding hydrogens is 402 g/mol. The lowest BCUT2D eigenvalue weighted by Crippen LogP contribution is -2.33. The Morgan fingerprint density at radius 3 is 2.77 bits per heavy atom. The van der Waals surface area contributed by atoms with Crippen LogP contribution in [0.15, 0.2) is 48.7 Å². The summed E-state index contributed by atoms with van der Waals surface area (Å²) in [4.78, 5) is 18.9. The second-order valence-electron chi connectivity index (χ2n) is 7.45. The van der Waals surface area contributed by atoms with E-state index in [-0.39, 0.29) is 17.2 Å². The SMILES string of the molecule is Cc1ccc(CN2CCC(Nc3c(C#N)cnc4ccc(OC(F)F)cc34)C2=O)cc1. The first-order valence-electron chi connectivity index (χ1n) is 9.83. The largest absolute Gasteiger partial charge is 0.435 e. The lowest BCUT2D eigenvalue weighted by atomic mass is 10.1. The first-order chi connectivity index (χ1) is 14.9. The van der Waals surface area contributed by atoms with Crippen LogP contribution in [-0.4, -0.2) is 35.0 Å². The molecule has 1 unspecified atom stereocenters. The van der Waals surface area contributed by atoms with Gasteiger partial charge in [0.2, 0.25) is 5.91 Å². The van der Waals surface area contributed by atoms with Crippen LogP contribution in [0.4, 0.5) is 14.5 Å². The van der Waals surface area contributed by atoms with E-state index in [1.165, 1.54) is 18.3 Å². The van der Waals surface area contributed by atoms with Crippen LogP contribution in [-0.2, 0) is 11.3 Å². The Hall–Kier alpha value is -3.73. The number of carbonyl (C=O) groups is 1. The van der Waals surface area contributed by atoms with E-state index in [9.17, 15) is 18.8 Å². The van der Waals surface area contributed by atoms with Gasteiger partial charge in [0, 0.05) is 24.7 Å². The lowest BCUT2D eigenvalue weighted by molar-refractivity contribution is -0.128. The van der Waals surface area contributed by atoms with E-state index < -0.39 is 12.7 Å².